The van der Waals surface area contributed by atoms with Gasteiger partial charge in [-0.05, 0) is 69.0 Å². The first-order valence-corrected chi connectivity index (χ1v) is 11.4. The number of carbonyl (C=O) groups excluding carboxylic acids is 1. The summed E-state index contributed by atoms with van der Waals surface area (Å²) < 4.78 is 7.86. The van der Waals surface area contributed by atoms with Crippen molar-refractivity contribution < 1.29 is 9.53 Å². The molecule has 0 unspecified atom stereocenters. The van der Waals surface area contributed by atoms with Gasteiger partial charge in [0.25, 0.3) is 0 Å². The molecule has 1 aliphatic heterocycles. The third-order valence-electron chi connectivity index (χ3n) is 6.37. The Morgan fingerprint density at radius 1 is 1.20 bits per heavy atom. The van der Waals surface area contributed by atoms with E-state index in [4.69, 9.17) is 4.74 Å². The molecular weight excluding hydrogens is 376 g/mol. The number of carbonyl (C=O) groups is 1. The minimum Gasteiger partial charge on any atom is -0.377 e. The molecule has 1 saturated heterocycles. The highest BCUT2D eigenvalue weighted by Gasteiger charge is 2.15. The van der Waals surface area contributed by atoms with Gasteiger partial charge in [0.15, 0.2) is 0 Å². The Bertz CT molecular complexity index is 863. The van der Waals surface area contributed by atoms with E-state index in [1.807, 2.05) is 30.6 Å². The number of rotatable bonds is 9. The Hall–Kier alpha value is -2.18. The Morgan fingerprint density at radius 2 is 2.00 bits per heavy atom. The van der Waals surface area contributed by atoms with Crippen molar-refractivity contribution in [3.05, 3.63) is 36.7 Å². The van der Waals surface area contributed by atoms with E-state index in [9.17, 15) is 4.79 Å². The molecule has 1 aliphatic carbocycles. The summed E-state index contributed by atoms with van der Waals surface area (Å²) in [6.07, 6.45) is 13.5. The zero-order valence-electron chi connectivity index (χ0n) is 18.1. The zero-order valence-corrected chi connectivity index (χ0v) is 18.1. The number of hydrogen-bond donors (Lipinski definition) is 0. The van der Waals surface area contributed by atoms with Gasteiger partial charge in [0.1, 0.15) is 0 Å². The van der Waals surface area contributed by atoms with Gasteiger partial charge in [-0.3, -0.25) is 14.4 Å². The highest BCUT2D eigenvalue weighted by molar-refractivity contribution is 5.95. The SMILES string of the molecule is CC(=O)N(/C=C\COCC1CCCC1)c1ccc2c(cnn2CCN2CCCC2)c1. The molecule has 0 bridgehead atoms. The molecule has 6 heteroatoms. The van der Waals surface area contributed by atoms with Crippen LogP contribution < -0.4 is 4.90 Å². The molecular formula is C24H34N4O2. The summed E-state index contributed by atoms with van der Waals surface area (Å²) in [6.45, 7) is 7.30. The molecule has 6 nitrogen and oxygen atoms in total. The summed E-state index contributed by atoms with van der Waals surface area (Å²) in [5, 5.41) is 5.64. The van der Waals surface area contributed by atoms with E-state index in [1.165, 1.54) is 51.6 Å². The third-order valence-corrected chi connectivity index (χ3v) is 6.37. The molecule has 0 atom stereocenters. The van der Waals surface area contributed by atoms with E-state index in [0.29, 0.717) is 12.5 Å². The first kappa shape index (κ1) is 21.1. The largest absolute Gasteiger partial charge is 0.377 e. The monoisotopic (exact) mass is 410 g/mol. The molecule has 1 amide bonds. The fourth-order valence-corrected chi connectivity index (χ4v) is 4.65. The molecule has 4 rings (SSSR count). The van der Waals surface area contributed by atoms with Crippen molar-refractivity contribution in [1.29, 1.82) is 0 Å². The van der Waals surface area contributed by atoms with E-state index in [2.05, 4.69) is 20.7 Å². The molecule has 0 N–H and O–H groups in total. The van der Waals surface area contributed by atoms with Crippen LogP contribution in [0, 0.1) is 5.92 Å². The second kappa shape index (κ2) is 10.2. The maximum Gasteiger partial charge on any atom is 0.227 e. The van der Waals surface area contributed by atoms with E-state index in [-0.39, 0.29) is 5.91 Å². The summed E-state index contributed by atoms with van der Waals surface area (Å²) in [6, 6.07) is 6.11. The molecule has 30 heavy (non-hydrogen) atoms. The van der Waals surface area contributed by atoms with Crippen LogP contribution in [0.4, 0.5) is 5.69 Å². The van der Waals surface area contributed by atoms with Crippen molar-refractivity contribution in [2.75, 3.05) is 37.7 Å². The summed E-state index contributed by atoms with van der Waals surface area (Å²) in [4.78, 5) is 16.4. The number of likely N-dealkylation sites (tertiary alicyclic amines) is 1. The van der Waals surface area contributed by atoms with Gasteiger partial charge in [0.2, 0.25) is 5.91 Å². The maximum absolute atomic E-state index is 12.2. The lowest BCUT2D eigenvalue weighted by Crippen LogP contribution is -2.24. The highest BCUT2D eigenvalue weighted by Crippen LogP contribution is 2.25. The predicted octanol–water partition coefficient (Wildman–Crippen LogP) is 4.21. The topological polar surface area (TPSA) is 50.6 Å². The van der Waals surface area contributed by atoms with Crippen LogP contribution in [0.5, 0.6) is 0 Å². The zero-order chi connectivity index (χ0) is 20.8. The fraction of sp³-hybridized carbons (Fsp3) is 0.583. The first-order valence-electron chi connectivity index (χ1n) is 11.4. The molecule has 0 spiro atoms. The molecule has 2 fully saturated rings. The summed E-state index contributed by atoms with van der Waals surface area (Å²) in [5.41, 5.74) is 1.98. The number of hydrogen-bond acceptors (Lipinski definition) is 4. The minimum atomic E-state index is -0.0113. The van der Waals surface area contributed by atoms with E-state index in [0.717, 1.165) is 36.3 Å². The molecule has 2 heterocycles. The fourth-order valence-electron chi connectivity index (χ4n) is 4.65. The highest BCUT2D eigenvalue weighted by atomic mass is 16.5. The molecule has 0 radical (unpaired) electrons. The lowest BCUT2D eigenvalue weighted by molar-refractivity contribution is -0.116. The first-order chi connectivity index (χ1) is 14.7. The Labute approximate surface area is 179 Å². The van der Waals surface area contributed by atoms with Gasteiger partial charge in [0, 0.05) is 37.3 Å². The Kier molecular flexibility index (Phi) is 7.18. The Morgan fingerprint density at radius 3 is 2.77 bits per heavy atom. The Balaban J connectivity index is 1.36. The van der Waals surface area contributed by atoms with Crippen molar-refractivity contribution in [3.8, 4) is 0 Å². The van der Waals surface area contributed by atoms with Gasteiger partial charge < -0.3 is 9.64 Å². The number of nitrogens with zero attached hydrogens (tertiary/aromatic N) is 4. The minimum absolute atomic E-state index is 0.0113. The van der Waals surface area contributed by atoms with Crippen LogP contribution in [0.2, 0.25) is 0 Å². The van der Waals surface area contributed by atoms with Crippen molar-refractivity contribution in [1.82, 2.24) is 14.7 Å². The number of anilines is 1. The molecule has 2 aliphatic rings. The second-order valence-corrected chi connectivity index (χ2v) is 8.62. The van der Waals surface area contributed by atoms with Gasteiger partial charge in [0.05, 0.1) is 24.9 Å². The summed E-state index contributed by atoms with van der Waals surface area (Å²) in [5.74, 6) is 0.703. The average molecular weight is 411 g/mol. The normalized spacial score (nSPS) is 18.2. The number of aromatic nitrogens is 2. The smallest absolute Gasteiger partial charge is 0.227 e. The number of benzene rings is 1. The van der Waals surface area contributed by atoms with E-state index >= 15 is 0 Å². The molecule has 1 aromatic carbocycles. The van der Waals surface area contributed by atoms with E-state index in [1.54, 1.807) is 11.8 Å². The second-order valence-electron chi connectivity index (χ2n) is 8.62. The van der Waals surface area contributed by atoms with Crippen LogP contribution in [0.25, 0.3) is 10.9 Å². The molecule has 162 valence electrons. The van der Waals surface area contributed by atoms with Crippen LogP contribution in [-0.2, 0) is 16.1 Å². The van der Waals surface area contributed by atoms with Gasteiger partial charge >= 0.3 is 0 Å². The van der Waals surface area contributed by atoms with Crippen LogP contribution >= 0.6 is 0 Å². The molecule has 1 saturated carbocycles. The van der Waals surface area contributed by atoms with Gasteiger partial charge in [-0.1, -0.05) is 12.8 Å². The quantitative estimate of drug-likeness (QED) is 0.581. The van der Waals surface area contributed by atoms with Crippen molar-refractivity contribution in [3.63, 3.8) is 0 Å². The van der Waals surface area contributed by atoms with Gasteiger partial charge in [-0.25, -0.2) is 0 Å². The summed E-state index contributed by atoms with van der Waals surface area (Å²) >= 11 is 0. The van der Waals surface area contributed by atoms with Crippen LogP contribution in [-0.4, -0.2) is 53.4 Å². The van der Waals surface area contributed by atoms with Crippen molar-refractivity contribution in [2.45, 2.75) is 52.0 Å². The van der Waals surface area contributed by atoms with Crippen molar-refractivity contribution in [2.24, 2.45) is 5.92 Å². The number of ether oxygens (including phenoxy) is 1. The third kappa shape index (κ3) is 5.29. The predicted molar refractivity (Wildman–Crippen MR) is 120 cm³/mol. The molecule has 2 aromatic rings. The van der Waals surface area contributed by atoms with E-state index < -0.39 is 0 Å². The van der Waals surface area contributed by atoms with Crippen molar-refractivity contribution >= 4 is 22.5 Å². The van der Waals surface area contributed by atoms with Gasteiger partial charge in [-0.2, -0.15) is 5.10 Å². The molecule has 1 aromatic heterocycles. The average Bonchev–Trinajstić information content (AvgIpc) is 3.50. The summed E-state index contributed by atoms with van der Waals surface area (Å²) in [7, 11) is 0. The standard InChI is InChI=1S/C24H34N4O2/c1-20(29)27(13-6-16-30-19-21-7-2-3-8-21)23-9-10-24-22(17-23)18-25-28(24)15-14-26-11-4-5-12-26/h6,9-10,13,17-18,21H,2-5,7-8,11-12,14-16,19H2,1H3/b13-6-. The van der Waals surface area contributed by atoms with Crippen LogP contribution in [0.3, 0.4) is 0 Å². The van der Waals surface area contributed by atoms with Crippen LogP contribution in [0.15, 0.2) is 36.7 Å². The number of amides is 1. The van der Waals surface area contributed by atoms with Gasteiger partial charge in [-0.15, -0.1) is 0 Å². The van der Waals surface area contributed by atoms with Crippen LogP contribution in [0.1, 0.15) is 45.4 Å². The lowest BCUT2D eigenvalue weighted by atomic mass is 10.1. The lowest BCUT2D eigenvalue weighted by Gasteiger charge is -2.17. The maximum atomic E-state index is 12.2. The number of fused-ring (bicyclic) bond motifs is 1.